The Bertz CT molecular complexity index is 615. The smallest absolute Gasteiger partial charge is 0.374 e. The van der Waals surface area contributed by atoms with Crippen molar-refractivity contribution < 1.29 is 44.7 Å². The Morgan fingerprint density at radius 1 is 1.07 bits per heavy atom. The average Bonchev–Trinajstić information content (AvgIpc) is 2.60. The van der Waals surface area contributed by atoms with Gasteiger partial charge in [0.2, 0.25) is 5.12 Å². The van der Waals surface area contributed by atoms with Crippen LogP contribution in [-0.2, 0) is 4.74 Å². The topological polar surface area (TPSA) is 26.3 Å². The molecule has 1 aromatic rings. The molecule has 0 N–H and O–H groups in total. The molecule has 27 heavy (non-hydrogen) atoms. The van der Waals surface area contributed by atoms with Crippen LogP contribution in [0, 0.1) is 0 Å². The van der Waals surface area contributed by atoms with Crippen molar-refractivity contribution >= 4 is 28.5 Å². The van der Waals surface area contributed by atoms with E-state index in [9.17, 15) is 39.9 Å². The summed E-state index contributed by atoms with van der Waals surface area (Å²) in [5, 5.41) is -1.47. The molecule has 154 valence electrons. The normalized spacial score (nSPS) is 14.4. The minimum absolute atomic E-state index is 0.256. The van der Waals surface area contributed by atoms with E-state index in [0.29, 0.717) is 11.8 Å². The molecule has 1 atom stereocenters. The first-order valence-electron chi connectivity index (χ1n) is 7.18. The zero-order valence-electron chi connectivity index (χ0n) is 13.3. The van der Waals surface area contributed by atoms with Crippen molar-refractivity contribution in [2.75, 3.05) is 19.1 Å². The highest BCUT2D eigenvalue weighted by Gasteiger charge is 2.75. The van der Waals surface area contributed by atoms with Gasteiger partial charge in [0.1, 0.15) is 6.61 Å². The predicted octanol–water partition coefficient (Wildman–Crippen LogP) is 5.36. The average molecular weight is 445 g/mol. The van der Waals surface area contributed by atoms with Gasteiger partial charge in [-0.05, 0) is 0 Å². The quantitative estimate of drug-likeness (QED) is 0.359. The lowest BCUT2D eigenvalue weighted by Gasteiger charge is -2.32. The highest BCUT2D eigenvalue weighted by atomic mass is 35.5. The molecule has 0 aliphatic heterocycles. The van der Waals surface area contributed by atoms with Crippen LogP contribution in [-0.4, -0.2) is 53.7 Å². The van der Waals surface area contributed by atoms with Crippen LogP contribution in [0.1, 0.15) is 10.4 Å². The number of thioether (sulfide) groups is 1. The van der Waals surface area contributed by atoms with Gasteiger partial charge in [0.15, 0.2) is 0 Å². The number of alkyl halides is 9. The number of halogens is 9. The van der Waals surface area contributed by atoms with Crippen molar-refractivity contribution in [3.05, 3.63) is 35.9 Å². The second-order valence-corrected chi connectivity index (χ2v) is 6.85. The maximum atomic E-state index is 13.3. The van der Waals surface area contributed by atoms with Crippen LogP contribution in [0.5, 0.6) is 0 Å². The van der Waals surface area contributed by atoms with Crippen LogP contribution in [0.3, 0.4) is 0 Å². The molecular formula is C15H13ClF8O2S. The summed E-state index contributed by atoms with van der Waals surface area (Å²) < 4.78 is 107. The molecule has 0 bridgehead atoms. The van der Waals surface area contributed by atoms with Crippen LogP contribution < -0.4 is 0 Å². The van der Waals surface area contributed by atoms with Gasteiger partial charge in [0, 0.05) is 16.7 Å². The van der Waals surface area contributed by atoms with Crippen molar-refractivity contribution in [2.24, 2.45) is 0 Å². The summed E-state index contributed by atoms with van der Waals surface area (Å²) in [5.74, 6) is -18.5. The van der Waals surface area contributed by atoms with Crippen molar-refractivity contribution in [3.8, 4) is 0 Å². The monoisotopic (exact) mass is 444 g/mol. The van der Waals surface area contributed by atoms with Gasteiger partial charge in [-0.1, -0.05) is 42.1 Å². The number of ether oxygens (including phenoxy) is 1. The van der Waals surface area contributed by atoms with Gasteiger partial charge < -0.3 is 4.74 Å². The summed E-state index contributed by atoms with van der Waals surface area (Å²) in [4.78, 5) is 11.9. The highest BCUT2D eigenvalue weighted by Crippen LogP contribution is 2.48. The summed E-state index contributed by atoms with van der Waals surface area (Å²) in [6, 6.07) is 7.68. The van der Waals surface area contributed by atoms with Crippen LogP contribution in [0.25, 0.3) is 0 Å². The summed E-state index contributed by atoms with van der Waals surface area (Å²) in [7, 11) is 0. The molecule has 1 rings (SSSR count). The lowest BCUT2D eigenvalue weighted by molar-refractivity contribution is -0.345. The molecule has 2 nitrogen and oxygen atoms in total. The highest BCUT2D eigenvalue weighted by molar-refractivity contribution is 8.14. The predicted molar refractivity (Wildman–Crippen MR) is 84.5 cm³/mol. The molecule has 0 saturated heterocycles. The molecule has 0 aliphatic carbocycles. The van der Waals surface area contributed by atoms with Crippen molar-refractivity contribution in [3.63, 3.8) is 0 Å². The van der Waals surface area contributed by atoms with Crippen LogP contribution in [0.15, 0.2) is 30.3 Å². The molecule has 0 fully saturated rings. The first-order chi connectivity index (χ1) is 12.4. The number of carbonyl (C=O) groups excluding carboxylic acids is 1. The Balaban J connectivity index is 2.66. The molecule has 0 heterocycles. The van der Waals surface area contributed by atoms with E-state index in [1.54, 1.807) is 18.2 Å². The van der Waals surface area contributed by atoms with E-state index in [-0.39, 0.29) is 11.4 Å². The molecule has 0 amide bonds. The molecule has 0 saturated carbocycles. The molecule has 1 unspecified atom stereocenters. The number of hydrogen-bond acceptors (Lipinski definition) is 3. The summed E-state index contributed by atoms with van der Waals surface area (Å²) in [6.45, 7) is -3.02. The fourth-order valence-corrected chi connectivity index (χ4v) is 2.77. The molecule has 0 aromatic heterocycles. The minimum atomic E-state index is -6.34. The van der Waals surface area contributed by atoms with Gasteiger partial charge in [0.05, 0.1) is 6.61 Å². The summed E-state index contributed by atoms with van der Waals surface area (Å²) >= 11 is 6.12. The van der Waals surface area contributed by atoms with E-state index in [1.807, 2.05) is 0 Å². The van der Waals surface area contributed by atoms with Gasteiger partial charge >= 0.3 is 24.2 Å². The molecule has 12 heteroatoms. The maximum absolute atomic E-state index is 13.3. The van der Waals surface area contributed by atoms with Gasteiger partial charge in [-0.25, -0.2) is 8.78 Å². The third-order valence-corrected chi connectivity index (χ3v) is 4.84. The fourth-order valence-electron chi connectivity index (χ4n) is 1.69. The molecule has 0 aliphatic rings. The summed E-state index contributed by atoms with van der Waals surface area (Å²) in [5.41, 5.74) is 0.256. The lowest BCUT2D eigenvalue weighted by atomic mass is 10.1. The van der Waals surface area contributed by atoms with Crippen molar-refractivity contribution in [1.82, 2.24) is 0 Å². The third kappa shape index (κ3) is 5.71. The van der Waals surface area contributed by atoms with E-state index in [2.05, 4.69) is 4.74 Å². The molecule has 0 spiro atoms. The first-order valence-corrected chi connectivity index (χ1v) is 8.59. The van der Waals surface area contributed by atoms with Gasteiger partial charge in [-0.2, -0.15) is 26.3 Å². The number of rotatable bonds is 10. The minimum Gasteiger partial charge on any atom is -0.374 e. The van der Waals surface area contributed by atoms with Crippen LogP contribution in [0.2, 0.25) is 0 Å². The Morgan fingerprint density at radius 3 is 2.11 bits per heavy atom. The maximum Gasteiger partial charge on any atom is 0.380 e. The third-order valence-electron chi connectivity index (χ3n) is 3.19. The summed E-state index contributed by atoms with van der Waals surface area (Å²) in [6.07, 6.45) is -4.99. The second-order valence-electron chi connectivity index (χ2n) is 5.27. The Labute approximate surface area is 158 Å². The number of hydrogen-bond donors (Lipinski definition) is 0. The van der Waals surface area contributed by atoms with Crippen molar-refractivity contribution in [1.29, 1.82) is 0 Å². The standard InChI is InChI=1S/C15H13ClF8O2S/c16-6-10(27-11(25)9-4-2-1-3-5-9)7-26-8-13(19,20)15(23,24)14(21,22)12(17)18/h1-5,10,12H,6-8H2. The second kappa shape index (κ2) is 9.42. The Morgan fingerprint density at radius 2 is 1.63 bits per heavy atom. The van der Waals surface area contributed by atoms with Gasteiger partial charge in [-0.15, -0.1) is 11.6 Å². The lowest BCUT2D eigenvalue weighted by Crippen LogP contribution is -2.59. The zero-order chi connectivity index (χ0) is 20.9. The fraction of sp³-hybridized carbons (Fsp3) is 0.533. The van der Waals surface area contributed by atoms with Gasteiger partial charge in [0.25, 0.3) is 0 Å². The molecular weight excluding hydrogens is 432 g/mol. The van der Waals surface area contributed by atoms with Crippen LogP contribution in [0.4, 0.5) is 35.1 Å². The first kappa shape index (κ1) is 24.0. The Hall–Kier alpha value is -1.07. The Kier molecular flexibility index (Phi) is 8.36. The largest absolute Gasteiger partial charge is 0.380 e. The SMILES string of the molecule is O=C(SC(CCl)COCC(F)(F)C(F)(F)C(F)(F)C(F)F)c1ccccc1. The molecule has 0 radical (unpaired) electrons. The zero-order valence-corrected chi connectivity index (χ0v) is 14.9. The molecule has 1 aromatic carbocycles. The van der Waals surface area contributed by atoms with Crippen LogP contribution >= 0.6 is 23.4 Å². The van der Waals surface area contributed by atoms with E-state index in [4.69, 9.17) is 11.6 Å². The van der Waals surface area contributed by atoms with E-state index < -0.39 is 47.8 Å². The number of carbonyl (C=O) groups is 1. The van der Waals surface area contributed by atoms with Crippen molar-refractivity contribution in [2.45, 2.75) is 29.4 Å². The van der Waals surface area contributed by atoms with E-state index >= 15 is 0 Å². The van der Waals surface area contributed by atoms with Gasteiger partial charge in [-0.3, -0.25) is 4.79 Å². The van der Waals surface area contributed by atoms with E-state index in [1.165, 1.54) is 12.1 Å². The number of benzene rings is 1. The van der Waals surface area contributed by atoms with E-state index in [0.717, 1.165) is 0 Å².